The van der Waals surface area contributed by atoms with E-state index in [0.29, 0.717) is 30.6 Å². The van der Waals surface area contributed by atoms with E-state index in [1.807, 2.05) is 6.92 Å². The smallest absolute Gasteiger partial charge is 0.160 e. The third-order valence-electron chi connectivity index (χ3n) is 11.7. The van der Waals surface area contributed by atoms with Crippen LogP contribution >= 0.6 is 0 Å². The highest BCUT2D eigenvalue weighted by atomic mass is 16.4. The van der Waals surface area contributed by atoms with E-state index in [2.05, 4.69) is 34.6 Å². The Balaban J connectivity index is 1.72. The molecule has 4 aliphatic rings. The van der Waals surface area contributed by atoms with Gasteiger partial charge in [0.2, 0.25) is 0 Å². The summed E-state index contributed by atoms with van der Waals surface area (Å²) in [5.74, 6) is 0.305. The summed E-state index contributed by atoms with van der Waals surface area (Å²) in [6.07, 6.45) is 1.01. The lowest BCUT2D eigenvalue weighted by atomic mass is 9.36. The second-order valence-corrected chi connectivity index (χ2v) is 14.5. The first-order chi connectivity index (χ1) is 16.3. The van der Waals surface area contributed by atoms with Crippen molar-refractivity contribution in [2.24, 2.45) is 39.4 Å². The lowest BCUT2D eigenvalue weighted by molar-refractivity contribution is -0.208. The van der Waals surface area contributed by atoms with Crippen LogP contribution in [0.5, 0.6) is 0 Å². The van der Waals surface area contributed by atoms with Crippen molar-refractivity contribution >= 4 is 11.6 Å². The highest BCUT2D eigenvalue weighted by Gasteiger charge is 2.70. The molecule has 0 radical (unpaired) electrons. The fourth-order valence-electron chi connectivity index (χ4n) is 9.62. The molecule has 0 aromatic carbocycles. The molecular formula is C30H48O6. The van der Waals surface area contributed by atoms with Gasteiger partial charge in [-0.25, -0.2) is 0 Å². The molecule has 0 spiro atoms. The molecule has 6 nitrogen and oxygen atoms in total. The molecular weight excluding hydrogens is 456 g/mol. The standard InChI is InChI=1S/C30H48O6/c1-16(13-19(32)25(35)27(4,5)36)23-17-14-18(31)24-28(6)11-10-22(34)26(2,3)21(28)9-12-29(24,7)30(17,8)15-20(23)33/h16,18-19,21,24-25,31-32,35-36H,9-15H2,1-8H3/t16-,18+,19+,21?,24?,25-,28+,29+,30+/m1/s1. The summed E-state index contributed by atoms with van der Waals surface area (Å²) < 4.78 is 0. The predicted molar refractivity (Wildman–Crippen MR) is 138 cm³/mol. The van der Waals surface area contributed by atoms with E-state index in [4.69, 9.17) is 0 Å². The molecule has 204 valence electrons. The van der Waals surface area contributed by atoms with Gasteiger partial charge in [0.1, 0.15) is 11.9 Å². The monoisotopic (exact) mass is 504 g/mol. The third-order valence-corrected chi connectivity index (χ3v) is 11.7. The molecule has 0 amide bonds. The minimum absolute atomic E-state index is 0.00469. The van der Waals surface area contributed by atoms with Gasteiger partial charge in [0.15, 0.2) is 5.78 Å². The van der Waals surface area contributed by atoms with Crippen molar-refractivity contribution in [1.82, 2.24) is 0 Å². The van der Waals surface area contributed by atoms with Crippen LogP contribution in [0.2, 0.25) is 0 Å². The fourth-order valence-corrected chi connectivity index (χ4v) is 9.62. The van der Waals surface area contributed by atoms with Crippen LogP contribution in [0, 0.1) is 39.4 Å². The highest BCUT2D eigenvalue weighted by molar-refractivity contribution is 6.00. The SMILES string of the molecule is C[C@H](C[C@H](O)[C@@H](O)C(C)(C)O)C1=C2C[C@H](O)C3[C@@]4(C)CCC(=O)C(C)(C)C4CC[C@]3(C)[C@@]2(C)CC1=O. The molecule has 0 aromatic heterocycles. The van der Waals surface area contributed by atoms with Crippen LogP contribution < -0.4 is 0 Å². The Kier molecular flexibility index (Phi) is 6.57. The van der Waals surface area contributed by atoms with Crippen LogP contribution in [0.3, 0.4) is 0 Å². The predicted octanol–water partition coefficient (Wildman–Crippen LogP) is 3.97. The fraction of sp³-hybridized carbons (Fsp3) is 0.867. The van der Waals surface area contributed by atoms with E-state index in [1.54, 1.807) is 0 Å². The van der Waals surface area contributed by atoms with E-state index in [-0.39, 0.29) is 40.8 Å². The van der Waals surface area contributed by atoms with Crippen molar-refractivity contribution < 1.29 is 30.0 Å². The maximum absolute atomic E-state index is 13.6. The van der Waals surface area contributed by atoms with Gasteiger partial charge in [0, 0.05) is 23.7 Å². The molecule has 0 saturated heterocycles. The van der Waals surface area contributed by atoms with Crippen LogP contribution in [0.15, 0.2) is 11.1 Å². The first-order valence-electron chi connectivity index (χ1n) is 13.9. The maximum atomic E-state index is 13.6. The zero-order chi connectivity index (χ0) is 27.2. The summed E-state index contributed by atoms with van der Waals surface area (Å²) in [6.45, 7) is 15.7. The number of rotatable bonds is 5. The minimum atomic E-state index is -1.45. The molecule has 4 N–H and O–H groups in total. The van der Waals surface area contributed by atoms with Crippen LogP contribution in [-0.2, 0) is 9.59 Å². The van der Waals surface area contributed by atoms with Crippen molar-refractivity contribution in [1.29, 1.82) is 0 Å². The maximum Gasteiger partial charge on any atom is 0.160 e. The van der Waals surface area contributed by atoms with Crippen LogP contribution in [0.1, 0.15) is 100 Å². The first kappa shape index (κ1) is 27.9. The van der Waals surface area contributed by atoms with Crippen molar-refractivity contribution in [3.8, 4) is 0 Å². The summed E-state index contributed by atoms with van der Waals surface area (Å²) in [5, 5.41) is 42.9. The molecule has 4 rings (SSSR count). The van der Waals surface area contributed by atoms with Gasteiger partial charge in [-0.15, -0.1) is 0 Å². The Bertz CT molecular complexity index is 974. The summed E-state index contributed by atoms with van der Waals surface area (Å²) in [5.41, 5.74) is -0.998. The van der Waals surface area contributed by atoms with E-state index in [9.17, 15) is 30.0 Å². The van der Waals surface area contributed by atoms with Crippen molar-refractivity contribution in [2.75, 3.05) is 0 Å². The minimum Gasteiger partial charge on any atom is -0.392 e. The number of fused-ring (bicyclic) bond motifs is 5. The lowest BCUT2D eigenvalue weighted by Gasteiger charge is -2.68. The number of allylic oxidation sites excluding steroid dienone is 1. The number of hydrogen-bond donors (Lipinski definition) is 4. The normalized spacial score (nSPS) is 42.9. The quantitative estimate of drug-likeness (QED) is 0.450. The molecule has 6 heteroatoms. The van der Waals surface area contributed by atoms with Crippen molar-refractivity contribution in [3.63, 3.8) is 0 Å². The number of Topliss-reactive ketones (excluding diaryl/α,β-unsaturated/α-hetero) is 2. The average molecular weight is 505 g/mol. The first-order valence-corrected chi connectivity index (χ1v) is 13.9. The van der Waals surface area contributed by atoms with Crippen molar-refractivity contribution in [3.05, 3.63) is 11.1 Å². The lowest BCUT2D eigenvalue weighted by Crippen LogP contribution is -2.65. The largest absolute Gasteiger partial charge is 0.392 e. The molecule has 0 aliphatic heterocycles. The second-order valence-electron chi connectivity index (χ2n) is 14.5. The van der Waals surface area contributed by atoms with Crippen LogP contribution in [0.4, 0.5) is 0 Å². The van der Waals surface area contributed by atoms with E-state index in [0.717, 1.165) is 24.8 Å². The Morgan fingerprint density at radius 2 is 1.67 bits per heavy atom. The van der Waals surface area contributed by atoms with Crippen LogP contribution in [0.25, 0.3) is 0 Å². The molecule has 0 heterocycles. The Hall–Kier alpha value is -1.08. The van der Waals surface area contributed by atoms with Gasteiger partial charge >= 0.3 is 0 Å². The molecule has 36 heavy (non-hydrogen) atoms. The van der Waals surface area contributed by atoms with Gasteiger partial charge in [0.25, 0.3) is 0 Å². The number of aliphatic hydroxyl groups is 4. The number of carbonyl (C=O) groups excluding carboxylic acids is 2. The van der Waals surface area contributed by atoms with Gasteiger partial charge in [-0.05, 0) is 80.1 Å². The molecule has 3 saturated carbocycles. The average Bonchev–Trinajstić information content (AvgIpc) is 3.00. The van der Waals surface area contributed by atoms with Gasteiger partial charge < -0.3 is 20.4 Å². The summed E-state index contributed by atoms with van der Waals surface area (Å²) in [7, 11) is 0. The summed E-state index contributed by atoms with van der Waals surface area (Å²) in [6, 6.07) is 0. The molecule has 2 unspecified atom stereocenters. The second kappa shape index (κ2) is 8.46. The third kappa shape index (κ3) is 3.72. The van der Waals surface area contributed by atoms with Crippen molar-refractivity contribution in [2.45, 2.75) is 124 Å². The van der Waals surface area contributed by atoms with Crippen LogP contribution in [-0.4, -0.2) is 55.9 Å². The van der Waals surface area contributed by atoms with Gasteiger partial charge in [-0.1, -0.05) is 47.1 Å². The van der Waals surface area contributed by atoms with E-state index < -0.39 is 34.7 Å². The Labute approximate surface area is 216 Å². The number of hydrogen-bond acceptors (Lipinski definition) is 6. The summed E-state index contributed by atoms with van der Waals surface area (Å²) >= 11 is 0. The Morgan fingerprint density at radius 3 is 2.25 bits per heavy atom. The molecule has 4 aliphatic carbocycles. The van der Waals surface area contributed by atoms with Gasteiger partial charge in [-0.3, -0.25) is 9.59 Å². The molecule has 0 bridgehead atoms. The van der Waals surface area contributed by atoms with E-state index in [1.165, 1.54) is 13.8 Å². The zero-order valence-electron chi connectivity index (χ0n) is 23.5. The molecule has 3 fully saturated rings. The summed E-state index contributed by atoms with van der Waals surface area (Å²) in [4.78, 5) is 26.5. The Morgan fingerprint density at radius 1 is 1.06 bits per heavy atom. The molecule has 0 aromatic rings. The van der Waals surface area contributed by atoms with E-state index >= 15 is 0 Å². The molecule has 9 atom stereocenters. The van der Waals surface area contributed by atoms with Gasteiger partial charge in [0.05, 0.1) is 17.8 Å². The highest BCUT2D eigenvalue weighted by Crippen LogP contribution is 2.73. The number of ketones is 2. The number of carbonyl (C=O) groups is 2. The topological polar surface area (TPSA) is 115 Å². The van der Waals surface area contributed by atoms with Gasteiger partial charge in [-0.2, -0.15) is 0 Å². The number of aliphatic hydroxyl groups excluding tert-OH is 3. The zero-order valence-corrected chi connectivity index (χ0v) is 23.5.